The lowest BCUT2D eigenvalue weighted by Gasteiger charge is -2.25. The van der Waals surface area contributed by atoms with Gasteiger partial charge in [0.1, 0.15) is 0 Å². The van der Waals surface area contributed by atoms with Crippen LogP contribution in [0.25, 0.3) is 10.4 Å². The van der Waals surface area contributed by atoms with Crippen molar-refractivity contribution in [2.24, 2.45) is 5.11 Å². The van der Waals surface area contributed by atoms with E-state index in [9.17, 15) is 9.59 Å². The number of aliphatic hydroxyl groups excluding tert-OH is 1. The van der Waals surface area contributed by atoms with Gasteiger partial charge in [0.2, 0.25) is 5.85 Å². The topological polar surface area (TPSA) is 133 Å². The largest absolute Gasteiger partial charge is 0.394 e. The molecule has 0 spiro atoms. The Morgan fingerprint density at radius 1 is 1.72 bits per heavy atom. The van der Waals surface area contributed by atoms with Crippen LogP contribution in [0.4, 0.5) is 0 Å². The molecule has 2 heterocycles. The summed E-state index contributed by atoms with van der Waals surface area (Å²) in [5.74, 6) is -1.52. The number of nitrogens with zero attached hydrogens (tertiary/aromatic N) is 4. The van der Waals surface area contributed by atoms with Gasteiger partial charge in [-0.15, -0.1) is 0 Å². The minimum absolute atomic E-state index is 0.235. The standard InChI is InChI=1S/C9H11N5O4/c10-13-12-9(3-1-6(5-15)18-9)14-4-2-7(16)11-8(14)17/h2,4,6,15H,1,3,5H2,(H,11,16,17)/t6-,9-/m0/s1. The molecule has 1 aliphatic rings. The second kappa shape index (κ2) is 4.65. The van der Waals surface area contributed by atoms with E-state index in [1.807, 2.05) is 0 Å². The van der Waals surface area contributed by atoms with Gasteiger partial charge in [0.15, 0.2) is 0 Å². The Morgan fingerprint density at radius 2 is 2.50 bits per heavy atom. The maximum atomic E-state index is 11.7. The van der Waals surface area contributed by atoms with E-state index in [2.05, 4.69) is 15.0 Å². The van der Waals surface area contributed by atoms with Gasteiger partial charge < -0.3 is 9.84 Å². The molecule has 0 radical (unpaired) electrons. The Kier molecular flexibility index (Phi) is 3.19. The first-order valence-corrected chi connectivity index (χ1v) is 5.29. The van der Waals surface area contributed by atoms with Crippen molar-refractivity contribution in [3.05, 3.63) is 43.5 Å². The second-order valence-corrected chi connectivity index (χ2v) is 3.87. The zero-order valence-corrected chi connectivity index (χ0v) is 9.31. The molecule has 1 saturated heterocycles. The van der Waals surface area contributed by atoms with Crippen molar-refractivity contribution < 1.29 is 9.84 Å². The fourth-order valence-corrected chi connectivity index (χ4v) is 1.92. The highest BCUT2D eigenvalue weighted by Gasteiger charge is 2.42. The van der Waals surface area contributed by atoms with Crippen LogP contribution in [0.1, 0.15) is 12.8 Å². The lowest BCUT2D eigenvalue weighted by molar-refractivity contribution is -0.108. The van der Waals surface area contributed by atoms with E-state index in [0.717, 1.165) is 10.6 Å². The molecule has 96 valence electrons. The highest BCUT2D eigenvalue weighted by Crippen LogP contribution is 2.35. The molecule has 0 aliphatic carbocycles. The SMILES string of the molecule is [N-]=[N+]=N[C@]1(n2ccc(=O)[nH]c2=O)CC[C@@H](CO)O1. The molecule has 1 aromatic heterocycles. The highest BCUT2D eigenvalue weighted by atomic mass is 16.6. The normalized spacial score (nSPS) is 26.8. The van der Waals surface area contributed by atoms with Crippen LogP contribution >= 0.6 is 0 Å². The zero-order chi connectivity index (χ0) is 13.2. The van der Waals surface area contributed by atoms with Gasteiger partial charge >= 0.3 is 5.69 Å². The Hall–Kier alpha value is -2.09. The summed E-state index contributed by atoms with van der Waals surface area (Å²) in [4.78, 5) is 27.4. The average Bonchev–Trinajstić information content (AvgIpc) is 2.74. The minimum Gasteiger partial charge on any atom is -0.394 e. The first-order chi connectivity index (χ1) is 8.61. The third kappa shape index (κ3) is 2.02. The van der Waals surface area contributed by atoms with Gasteiger partial charge in [-0.1, -0.05) is 0 Å². The van der Waals surface area contributed by atoms with E-state index in [1.165, 1.54) is 6.20 Å². The smallest absolute Gasteiger partial charge is 0.330 e. The number of aromatic amines is 1. The van der Waals surface area contributed by atoms with Gasteiger partial charge in [-0.25, -0.2) is 4.79 Å². The molecule has 0 saturated carbocycles. The van der Waals surface area contributed by atoms with E-state index in [0.29, 0.717) is 6.42 Å². The Balaban J connectivity index is 2.52. The van der Waals surface area contributed by atoms with Gasteiger partial charge in [-0.3, -0.25) is 14.3 Å². The molecule has 0 unspecified atom stereocenters. The average molecular weight is 253 g/mol. The van der Waals surface area contributed by atoms with Crippen molar-refractivity contribution in [2.75, 3.05) is 6.61 Å². The van der Waals surface area contributed by atoms with Gasteiger partial charge in [0.25, 0.3) is 5.56 Å². The van der Waals surface area contributed by atoms with Crippen LogP contribution in [0, 0.1) is 0 Å². The highest BCUT2D eigenvalue weighted by molar-refractivity contribution is 4.92. The summed E-state index contributed by atoms with van der Waals surface area (Å²) < 4.78 is 6.43. The molecule has 0 bridgehead atoms. The molecule has 2 N–H and O–H groups in total. The maximum Gasteiger partial charge on any atom is 0.330 e. The molecule has 1 fully saturated rings. The number of nitrogens with one attached hydrogen (secondary N) is 1. The molecule has 2 rings (SSSR count). The van der Waals surface area contributed by atoms with Crippen molar-refractivity contribution in [2.45, 2.75) is 24.8 Å². The summed E-state index contributed by atoms with van der Waals surface area (Å²) in [5, 5.41) is 12.5. The Bertz CT molecular complexity index is 601. The van der Waals surface area contributed by atoms with E-state index in [4.69, 9.17) is 15.4 Å². The van der Waals surface area contributed by atoms with Crippen molar-refractivity contribution in [3.63, 3.8) is 0 Å². The van der Waals surface area contributed by atoms with Gasteiger partial charge in [-0.05, 0) is 17.1 Å². The molecule has 1 aliphatic heterocycles. The number of azide groups is 1. The summed E-state index contributed by atoms with van der Waals surface area (Å²) in [6, 6.07) is 1.13. The molecule has 1 aromatic rings. The monoisotopic (exact) mass is 253 g/mol. The van der Waals surface area contributed by atoms with Gasteiger partial charge in [-0.2, -0.15) is 0 Å². The van der Waals surface area contributed by atoms with Crippen molar-refractivity contribution in [1.82, 2.24) is 9.55 Å². The van der Waals surface area contributed by atoms with Gasteiger partial charge in [0.05, 0.1) is 12.7 Å². The third-order valence-corrected chi connectivity index (χ3v) is 2.75. The third-order valence-electron chi connectivity index (χ3n) is 2.75. The first-order valence-electron chi connectivity index (χ1n) is 5.29. The second-order valence-electron chi connectivity index (χ2n) is 3.87. The summed E-state index contributed by atoms with van der Waals surface area (Å²) in [6.45, 7) is -0.235. The number of hydrogen-bond donors (Lipinski definition) is 2. The number of aliphatic hydroxyl groups is 1. The van der Waals surface area contributed by atoms with E-state index in [1.54, 1.807) is 0 Å². The molecular formula is C9H11N5O4. The first kappa shape index (κ1) is 12.4. The summed E-state index contributed by atoms with van der Waals surface area (Å²) in [6.07, 6.45) is 1.39. The van der Waals surface area contributed by atoms with Crippen molar-refractivity contribution in [1.29, 1.82) is 0 Å². The number of aromatic nitrogens is 2. The number of rotatable bonds is 3. The van der Waals surface area contributed by atoms with Crippen molar-refractivity contribution in [3.8, 4) is 0 Å². The van der Waals surface area contributed by atoms with Crippen LogP contribution in [-0.2, 0) is 10.6 Å². The Morgan fingerprint density at radius 3 is 3.06 bits per heavy atom. The Labute approximate surface area is 100 Å². The van der Waals surface area contributed by atoms with Crippen LogP contribution in [0.5, 0.6) is 0 Å². The molecule has 0 aromatic carbocycles. The van der Waals surface area contributed by atoms with E-state index < -0.39 is 23.2 Å². The fraction of sp³-hybridized carbons (Fsp3) is 0.556. The molecule has 9 heteroatoms. The minimum atomic E-state index is -1.52. The predicted octanol–water partition coefficient (Wildman–Crippen LogP) is -0.372. The van der Waals surface area contributed by atoms with E-state index >= 15 is 0 Å². The van der Waals surface area contributed by atoms with Crippen molar-refractivity contribution >= 4 is 0 Å². The van der Waals surface area contributed by atoms with Crippen LogP contribution < -0.4 is 11.2 Å². The molecule has 9 nitrogen and oxygen atoms in total. The number of ether oxygens (including phenoxy) is 1. The lowest BCUT2D eigenvalue weighted by atomic mass is 10.2. The predicted molar refractivity (Wildman–Crippen MR) is 59.6 cm³/mol. The van der Waals surface area contributed by atoms with Crippen LogP contribution in [0.3, 0.4) is 0 Å². The number of H-pyrrole nitrogens is 1. The summed E-state index contributed by atoms with van der Waals surface area (Å²) >= 11 is 0. The number of hydrogen-bond acceptors (Lipinski definition) is 5. The molecule has 18 heavy (non-hydrogen) atoms. The molecular weight excluding hydrogens is 242 g/mol. The van der Waals surface area contributed by atoms with E-state index in [-0.39, 0.29) is 13.0 Å². The zero-order valence-electron chi connectivity index (χ0n) is 9.31. The van der Waals surface area contributed by atoms with Crippen LogP contribution in [0.15, 0.2) is 27.0 Å². The maximum absolute atomic E-state index is 11.7. The lowest BCUT2D eigenvalue weighted by Crippen LogP contribution is -2.42. The summed E-state index contributed by atoms with van der Waals surface area (Å²) in [7, 11) is 0. The molecule has 0 amide bonds. The fourth-order valence-electron chi connectivity index (χ4n) is 1.92. The van der Waals surface area contributed by atoms with Crippen LogP contribution in [0.2, 0.25) is 0 Å². The van der Waals surface area contributed by atoms with Gasteiger partial charge in [0, 0.05) is 23.6 Å². The summed E-state index contributed by atoms with van der Waals surface area (Å²) in [5.41, 5.74) is 7.31. The van der Waals surface area contributed by atoms with Crippen LogP contribution in [-0.4, -0.2) is 27.4 Å². The quantitative estimate of drug-likeness (QED) is 0.431. The molecule has 2 atom stereocenters.